The largest absolute Gasteiger partial charge is 0.481 e. The minimum absolute atomic E-state index is 0.0280. The smallest absolute Gasteiger partial charge is 0.306 e. The van der Waals surface area contributed by atoms with Crippen molar-refractivity contribution < 1.29 is 14.7 Å². The highest BCUT2D eigenvalue weighted by molar-refractivity contribution is 7.07. The molecular weight excluding hydrogens is 252 g/mol. The van der Waals surface area contributed by atoms with Crippen LogP contribution in [-0.2, 0) is 4.79 Å². The zero-order valence-corrected chi connectivity index (χ0v) is 11.4. The topological polar surface area (TPSA) is 79.3 Å². The second kappa shape index (κ2) is 7.10. The molecule has 1 aromatic heterocycles. The Hall–Kier alpha value is -1.43. The molecule has 5 nitrogen and oxygen atoms in total. The van der Waals surface area contributed by atoms with Gasteiger partial charge in [0.25, 0.3) is 5.91 Å². The highest BCUT2D eigenvalue weighted by Crippen LogP contribution is 2.10. The number of thiazole rings is 1. The Bertz CT molecular complexity index is 392. The molecule has 2 N–H and O–H groups in total. The third-order valence-electron chi connectivity index (χ3n) is 2.74. The van der Waals surface area contributed by atoms with Gasteiger partial charge in [-0.25, -0.2) is 4.98 Å². The number of aliphatic carboxylic acids is 1. The maximum atomic E-state index is 11.7. The van der Waals surface area contributed by atoms with Gasteiger partial charge in [0.2, 0.25) is 0 Å². The second-order valence-corrected chi connectivity index (χ2v) is 5.14. The third-order valence-corrected chi connectivity index (χ3v) is 3.32. The van der Waals surface area contributed by atoms with E-state index in [4.69, 9.17) is 5.11 Å². The van der Waals surface area contributed by atoms with E-state index >= 15 is 0 Å². The highest BCUT2D eigenvalue weighted by Gasteiger charge is 2.13. The van der Waals surface area contributed by atoms with E-state index in [0.29, 0.717) is 12.1 Å². The lowest BCUT2D eigenvalue weighted by molar-refractivity contribution is -0.141. The maximum Gasteiger partial charge on any atom is 0.306 e. The molecule has 0 radical (unpaired) electrons. The molecule has 0 fully saturated rings. The van der Waals surface area contributed by atoms with Gasteiger partial charge in [0.1, 0.15) is 5.69 Å². The lowest BCUT2D eigenvalue weighted by Crippen LogP contribution is -2.32. The molecule has 0 spiro atoms. The van der Waals surface area contributed by atoms with E-state index in [1.165, 1.54) is 11.3 Å². The molecule has 100 valence electrons. The van der Waals surface area contributed by atoms with Gasteiger partial charge in [0.05, 0.1) is 11.4 Å². The van der Waals surface area contributed by atoms with Crippen molar-refractivity contribution in [2.75, 3.05) is 0 Å². The fourth-order valence-electron chi connectivity index (χ4n) is 1.55. The molecule has 1 rings (SSSR count). The van der Waals surface area contributed by atoms with Gasteiger partial charge in [-0.05, 0) is 19.8 Å². The summed E-state index contributed by atoms with van der Waals surface area (Å²) < 4.78 is 0. The van der Waals surface area contributed by atoms with Crippen LogP contribution in [0, 0.1) is 5.92 Å². The molecule has 0 aliphatic heterocycles. The number of nitrogens with one attached hydrogen (secondary N) is 1. The van der Waals surface area contributed by atoms with Crippen molar-refractivity contribution in [2.24, 2.45) is 5.92 Å². The van der Waals surface area contributed by atoms with Crippen LogP contribution in [0.5, 0.6) is 0 Å². The van der Waals surface area contributed by atoms with Crippen molar-refractivity contribution in [3.8, 4) is 0 Å². The lowest BCUT2D eigenvalue weighted by atomic mass is 10.0. The number of hydrogen-bond acceptors (Lipinski definition) is 4. The Morgan fingerprint density at radius 2 is 2.17 bits per heavy atom. The second-order valence-electron chi connectivity index (χ2n) is 4.42. The molecule has 1 heterocycles. The highest BCUT2D eigenvalue weighted by atomic mass is 32.1. The van der Waals surface area contributed by atoms with Crippen molar-refractivity contribution in [1.82, 2.24) is 10.3 Å². The first-order chi connectivity index (χ1) is 8.50. The maximum absolute atomic E-state index is 11.7. The van der Waals surface area contributed by atoms with E-state index in [1.807, 2.05) is 6.92 Å². The number of carbonyl (C=O) groups is 2. The van der Waals surface area contributed by atoms with Gasteiger partial charge in [0, 0.05) is 11.4 Å². The van der Waals surface area contributed by atoms with Crippen molar-refractivity contribution in [2.45, 2.75) is 39.2 Å². The van der Waals surface area contributed by atoms with Crippen LogP contribution < -0.4 is 5.32 Å². The summed E-state index contributed by atoms with van der Waals surface area (Å²) in [4.78, 5) is 26.2. The van der Waals surface area contributed by atoms with Crippen molar-refractivity contribution in [3.63, 3.8) is 0 Å². The van der Waals surface area contributed by atoms with E-state index in [-0.39, 0.29) is 17.9 Å². The van der Waals surface area contributed by atoms with Crippen LogP contribution in [0.25, 0.3) is 0 Å². The van der Waals surface area contributed by atoms with Gasteiger partial charge in [-0.3, -0.25) is 9.59 Å². The van der Waals surface area contributed by atoms with Crippen LogP contribution in [0.15, 0.2) is 10.9 Å². The SMILES string of the molecule is CC(CCCC(C)C(=O)O)NC(=O)c1cscn1. The average molecular weight is 270 g/mol. The summed E-state index contributed by atoms with van der Waals surface area (Å²) in [6.45, 7) is 3.61. The average Bonchev–Trinajstić information content (AvgIpc) is 2.81. The van der Waals surface area contributed by atoms with Crippen LogP contribution in [0.4, 0.5) is 0 Å². The molecule has 0 saturated carbocycles. The zero-order chi connectivity index (χ0) is 13.5. The fourth-order valence-corrected chi connectivity index (χ4v) is 2.08. The number of hydrogen-bond donors (Lipinski definition) is 2. The quantitative estimate of drug-likeness (QED) is 0.795. The first-order valence-electron chi connectivity index (χ1n) is 5.92. The number of carbonyl (C=O) groups excluding carboxylic acids is 1. The summed E-state index contributed by atoms with van der Waals surface area (Å²) in [6, 6.07) is 0.0280. The predicted octanol–water partition coefficient (Wildman–Crippen LogP) is 2.15. The number of aromatic nitrogens is 1. The Morgan fingerprint density at radius 1 is 1.44 bits per heavy atom. The molecule has 1 aromatic rings. The fraction of sp³-hybridized carbons (Fsp3) is 0.583. The molecule has 0 aliphatic rings. The summed E-state index contributed by atoms with van der Waals surface area (Å²) >= 11 is 1.38. The van der Waals surface area contributed by atoms with Gasteiger partial charge in [0.15, 0.2) is 0 Å². The van der Waals surface area contributed by atoms with Crippen LogP contribution in [0.2, 0.25) is 0 Å². The summed E-state index contributed by atoms with van der Waals surface area (Å²) in [6.07, 6.45) is 2.19. The van der Waals surface area contributed by atoms with E-state index < -0.39 is 5.97 Å². The molecule has 18 heavy (non-hydrogen) atoms. The summed E-state index contributed by atoms with van der Waals surface area (Å²) in [5.41, 5.74) is 2.06. The van der Waals surface area contributed by atoms with Crippen LogP contribution >= 0.6 is 11.3 Å². The van der Waals surface area contributed by atoms with Gasteiger partial charge >= 0.3 is 5.97 Å². The predicted molar refractivity (Wildman–Crippen MR) is 69.7 cm³/mol. The minimum atomic E-state index is -0.769. The third kappa shape index (κ3) is 4.83. The first kappa shape index (κ1) is 14.6. The van der Waals surface area contributed by atoms with Crippen LogP contribution in [0.3, 0.4) is 0 Å². The molecule has 0 saturated heterocycles. The lowest BCUT2D eigenvalue weighted by Gasteiger charge is -2.13. The standard InChI is InChI=1S/C12H18N2O3S/c1-8(12(16)17)4-3-5-9(2)14-11(15)10-6-18-7-13-10/h6-9H,3-5H2,1-2H3,(H,14,15)(H,16,17). The molecule has 2 unspecified atom stereocenters. The minimum Gasteiger partial charge on any atom is -0.481 e. The Labute approximate surface area is 110 Å². The van der Waals surface area contributed by atoms with Gasteiger partial charge in [-0.2, -0.15) is 0 Å². The molecule has 0 bridgehead atoms. The van der Waals surface area contributed by atoms with E-state index in [1.54, 1.807) is 17.8 Å². The molecule has 0 aliphatic carbocycles. The number of carboxylic acids is 1. The van der Waals surface area contributed by atoms with Crippen molar-refractivity contribution in [3.05, 3.63) is 16.6 Å². The van der Waals surface area contributed by atoms with E-state index in [9.17, 15) is 9.59 Å². The molecular formula is C12H18N2O3S. The van der Waals surface area contributed by atoms with Crippen LogP contribution in [0.1, 0.15) is 43.6 Å². The van der Waals surface area contributed by atoms with Gasteiger partial charge in [-0.15, -0.1) is 11.3 Å². The molecule has 6 heteroatoms. The normalized spacial score (nSPS) is 13.9. The Kier molecular flexibility index (Phi) is 5.77. The summed E-state index contributed by atoms with van der Waals surface area (Å²) in [5, 5.41) is 13.3. The molecule has 2 atom stereocenters. The number of rotatable bonds is 7. The summed E-state index contributed by atoms with van der Waals surface area (Å²) in [5.74, 6) is -1.27. The Morgan fingerprint density at radius 3 is 2.72 bits per heavy atom. The number of amides is 1. The van der Waals surface area contributed by atoms with E-state index in [0.717, 1.165) is 12.8 Å². The number of carboxylic acid groups (broad SMARTS) is 1. The van der Waals surface area contributed by atoms with Crippen LogP contribution in [-0.4, -0.2) is 28.0 Å². The molecule has 1 amide bonds. The number of nitrogens with zero attached hydrogens (tertiary/aromatic N) is 1. The summed E-state index contributed by atoms with van der Waals surface area (Å²) in [7, 11) is 0. The first-order valence-corrected chi connectivity index (χ1v) is 6.87. The van der Waals surface area contributed by atoms with Gasteiger partial charge in [-0.1, -0.05) is 13.3 Å². The molecule has 0 aromatic carbocycles. The van der Waals surface area contributed by atoms with E-state index in [2.05, 4.69) is 10.3 Å². The van der Waals surface area contributed by atoms with Crippen molar-refractivity contribution in [1.29, 1.82) is 0 Å². The monoisotopic (exact) mass is 270 g/mol. The van der Waals surface area contributed by atoms with Gasteiger partial charge < -0.3 is 10.4 Å². The van der Waals surface area contributed by atoms with Crippen molar-refractivity contribution >= 4 is 23.2 Å². The Balaban J connectivity index is 2.24. The zero-order valence-electron chi connectivity index (χ0n) is 10.5.